The lowest BCUT2D eigenvalue weighted by Gasteiger charge is -2.14. The number of nitrogens with zero attached hydrogens (tertiary/aromatic N) is 3. The molecule has 0 aliphatic rings. The third-order valence-electron chi connectivity index (χ3n) is 6.76. The van der Waals surface area contributed by atoms with Crippen LogP contribution < -0.4 is 4.57 Å². The van der Waals surface area contributed by atoms with Crippen molar-refractivity contribution in [3.63, 3.8) is 0 Å². The average Bonchev–Trinajstić information content (AvgIpc) is 3.03. The highest BCUT2D eigenvalue weighted by molar-refractivity contribution is 6.25. The van der Waals surface area contributed by atoms with E-state index in [4.69, 9.17) is 0 Å². The number of pyridine rings is 1. The van der Waals surface area contributed by atoms with Gasteiger partial charge in [0.05, 0.1) is 34.4 Å². The molecule has 3 aromatic heterocycles. The summed E-state index contributed by atoms with van der Waals surface area (Å²) in [5, 5.41) is 4.68. The fourth-order valence-corrected chi connectivity index (χ4v) is 5.11. The van der Waals surface area contributed by atoms with E-state index in [0.717, 1.165) is 27.5 Å². The molecule has 0 amide bonds. The van der Waals surface area contributed by atoms with Crippen molar-refractivity contribution in [1.82, 2.24) is 9.38 Å². The SMILES string of the molecule is Cc1cc2c3cc(C(C)C)ccc3n3c4cc(F)cc5nc[n+](C)c(c(c1C)c23)c54. The maximum atomic E-state index is 14.7. The molecule has 0 aliphatic carbocycles. The molecule has 0 unspecified atom stereocenters. The van der Waals surface area contributed by atoms with Gasteiger partial charge in [0.15, 0.2) is 5.52 Å². The first-order valence-corrected chi connectivity index (χ1v) is 10.4. The highest BCUT2D eigenvalue weighted by atomic mass is 19.1. The van der Waals surface area contributed by atoms with Crippen LogP contribution in [0.5, 0.6) is 0 Å². The van der Waals surface area contributed by atoms with E-state index in [1.165, 1.54) is 38.9 Å². The molecule has 6 aromatic rings. The summed E-state index contributed by atoms with van der Waals surface area (Å²) in [6.07, 6.45) is 1.80. The molecule has 0 fully saturated rings. The Hall–Kier alpha value is -3.27. The van der Waals surface area contributed by atoms with Crippen molar-refractivity contribution in [2.24, 2.45) is 7.05 Å². The number of hydrogen-bond donors (Lipinski definition) is 0. The molecule has 0 aliphatic heterocycles. The number of halogens is 1. The van der Waals surface area contributed by atoms with Crippen molar-refractivity contribution < 1.29 is 8.96 Å². The zero-order chi connectivity index (χ0) is 20.9. The van der Waals surface area contributed by atoms with Gasteiger partial charge in [-0.1, -0.05) is 19.9 Å². The Labute approximate surface area is 173 Å². The number of aromatic nitrogens is 3. The Morgan fingerprint density at radius 1 is 0.967 bits per heavy atom. The first-order valence-electron chi connectivity index (χ1n) is 10.4. The van der Waals surface area contributed by atoms with Crippen LogP contribution in [-0.4, -0.2) is 9.38 Å². The average molecular weight is 396 g/mol. The molecule has 0 N–H and O–H groups in total. The molecule has 4 heteroatoms. The third kappa shape index (κ3) is 2.03. The monoisotopic (exact) mass is 396 g/mol. The van der Waals surface area contributed by atoms with E-state index >= 15 is 0 Å². The van der Waals surface area contributed by atoms with Gasteiger partial charge in [-0.05, 0) is 65.7 Å². The molecule has 30 heavy (non-hydrogen) atoms. The fraction of sp³-hybridized carbons (Fsp3) is 0.231. The van der Waals surface area contributed by atoms with Crippen molar-refractivity contribution in [3.8, 4) is 0 Å². The summed E-state index contributed by atoms with van der Waals surface area (Å²) >= 11 is 0. The fourth-order valence-electron chi connectivity index (χ4n) is 5.11. The lowest BCUT2D eigenvalue weighted by atomic mass is 9.96. The first kappa shape index (κ1) is 17.6. The Balaban J connectivity index is 2.06. The van der Waals surface area contributed by atoms with Crippen molar-refractivity contribution in [3.05, 3.63) is 65.2 Å². The largest absolute Gasteiger partial charge is 0.307 e. The van der Waals surface area contributed by atoms with E-state index in [0.29, 0.717) is 11.4 Å². The maximum absolute atomic E-state index is 14.7. The molecule has 3 aromatic carbocycles. The molecule has 0 atom stereocenters. The van der Waals surface area contributed by atoms with Crippen LogP contribution in [0.25, 0.3) is 49.1 Å². The Bertz CT molecular complexity index is 1660. The highest BCUT2D eigenvalue weighted by Gasteiger charge is 2.25. The molecule has 0 saturated heterocycles. The van der Waals surface area contributed by atoms with Gasteiger partial charge in [0.2, 0.25) is 0 Å². The van der Waals surface area contributed by atoms with E-state index < -0.39 is 0 Å². The second-order valence-electron chi connectivity index (χ2n) is 8.88. The van der Waals surface area contributed by atoms with Crippen molar-refractivity contribution in [2.75, 3.05) is 0 Å². The van der Waals surface area contributed by atoms with Gasteiger partial charge in [-0.3, -0.25) is 0 Å². The summed E-state index contributed by atoms with van der Waals surface area (Å²) in [6.45, 7) is 8.81. The van der Waals surface area contributed by atoms with E-state index in [1.54, 1.807) is 12.4 Å². The van der Waals surface area contributed by atoms with Gasteiger partial charge in [-0.15, -0.1) is 0 Å². The van der Waals surface area contributed by atoms with Crippen LogP contribution >= 0.6 is 0 Å². The predicted octanol–water partition coefficient (Wildman–Crippen LogP) is 6.09. The minimum atomic E-state index is -0.258. The van der Waals surface area contributed by atoms with Crippen LogP contribution in [0.3, 0.4) is 0 Å². The molecule has 0 spiro atoms. The minimum Gasteiger partial charge on any atom is -0.307 e. The summed E-state index contributed by atoms with van der Waals surface area (Å²) in [5.74, 6) is 0.190. The van der Waals surface area contributed by atoms with Gasteiger partial charge in [0.25, 0.3) is 6.33 Å². The quantitative estimate of drug-likeness (QED) is 0.187. The Morgan fingerprint density at radius 3 is 2.53 bits per heavy atom. The molecule has 0 radical (unpaired) electrons. The van der Waals surface area contributed by atoms with Crippen molar-refractivity contribution >= 4 is 49.1 Å². The summed E-state index contributed by atoms with van der Waals surface area (Å²) in [7, 11) is 2.03. The van der Waals surface area contributed by atoms with E-state index in [1.807, 2.05) is 7.05 Å². The molecule has 0 saturated carbocycles. The molecule has 3 heterocycles. The number of benzene rings is 3. The molecular weight excluding hydrogens is 373 g/mol. The van der Waals surface area contributed by atoms with Crippen LogP contribution in [0, 0.1) is 19.7 Å². The Kier molecular flexibility index (Phi) is 3.32. The highest BCUT2D eigenvalue weighted by Crippen LogP contribution is 2.42. The zero-order valence-corrected chi connectivity index (χ0v) is 17.8. The van der Waals surface area contributed by atoms with Crippen LogP contribution in [0.1, 0.15) is 36.5 Å². The summed E-state index contributed by atoms with van der Waals surface area (Å²) in [6, 6.07) is 12.2. The molecule has 148 valence electrons. The van der Waals surface area contributed by atoms with Gasteiger partial charge < -0.3 is 4.40 Å². The first-order chi connectivity index (χ1) is 14.4. The standard InChI is InChI=1S/C26H23FN3/c1-13(2)16-6-7-21-18(9-16)19-8-14(3)15(4)23-25(19)30(21)22-11-17(27)10-20-24(22)26(23)29(5)12-28-20/h6-13H,1-5H3/q+1. The number of fused-ring (bicyclic) bond motifs is 5. The van der Waals surface area contributed by atoms with E-state index in [9.17, 15) is 4.39 Å². The minimum absolute atomic E-state index is 0.258. The second kappa shape index (κ2) is 5.66. The lowest BCUT2D eigenvalue weighted by Crippen LogP contribution is -2.30. The second-order valence-corrected chi connectivity index (χ2v) is 8.88. The molecule has 6 rings (SSSR count). The summed E-state index contributed by atoms with van der Waals surface area (Å²) in [4.78, 5) is 4.55. The molecule has 0 bridgehead atoms. The van der Waals surface area contributed by atoms with Crippen molar-refractivity contribution in [2.45, 2.75) is 33.6 Å². The summed E-state index contributed by atoms with van der Waals surface area (Å²) in [5.41, 5.74) is 8.79. The van der Waals surface area contributed by atoms with Crippen LogP contribution in [0.4, 0.5) is 4.39 Å². The van der Waals surface area contributed by atoms with Crippen LogP contribution in [-0.2, 0) is 7.05 Å². The van der Waals surface area contributed by atoms with Gasteiger partial charge in [0, 0.05) is 16.8 Å². The normalized spacial score (nSPS) is 12.6. The topological polar surface area (TPSA) is 21.2 Å². The van der Waals surface area contributed by atoms with E-state index in [-0.39, 0.29) is 5.82 Å². The maximum Gasteiger partial charge on any atom is 0.287 e. The number of aryl methyl sites for hydroxylation is 3. The van der Waals surface area contributed by atoms with E-state index in [2.05, 4.69) is 65.9 Å². The van der Waals surface area contributed by atoms with Gasteiger partial charge >= 0.3 is 0 Å². The number of rotatable bonds is 1. The summed E-state index contributed by atoms with van der Waals surface area (Å²) < 4.78 is 19.0. The number of hydrogen-bond acceptors (Lipinski definition) is 1. The molecular formula is C26H23FN3+. The molecule has 3 nitrogen and oxygen atoms in total. The van der Waals surface area contributed by atoms with Gasteiger partial charge in [0.1, 0.15) is 11.3 Å². The zero-order valence-electron chi connectivity index (χ0n) is 17.8. The lowest BCUT2D eigenvalue weighted by molar-refractivity contribution is -0.646. The third-order valence-corrected chi connectivity index (χ3v) is 6.76. The van der Waals surface area contributed by atoms with Gasteiger partial charge in [-0.25, -0.2) is 8.96 Å². The smallest absolute Gasteiger partial charge is 0.287 e. The van der Waals surface area contributed by atoms with Gasteiger partial charge in [-0.2, -0.15) is 0 Å². The Morgan fingerprint density at radius 2 is 1.77 bits per heavy atom. The predicted molar refractivity (Wildman–Crippen MR) is 121 cm³/mol. The van der Waals surface area contributed by atoms with Crippen molar-refractivity contribution in [1.29, 1.82) is 0 Å². The van der Waals surface area contributed by atoms with Crippen LogP contribution in [0.15, 0.2) is 42.7 Å². The van der Waals surface area contributed by atoms with Crippen LogP contribution in [0.2, 0.25) is 0 Å².